The number of aromatic nitrogens is 1. The first-order valence-electron chi connectivity index (χ1n) is 6.04. The van der Waals surface area contributed by atoms with E-state index >= 15 is 0 Å². The summed E-state index contributed by atoms with van der Waals surface area (Å²) >= 11 is 0. The topological polar surface area (TPSA) is 73.7 Å². The number of carbonyl (C=O) groups excluding carboxylic acids is 1. The molecular weight excluding hydrogens is 246 g/mol. The van der Waals surface area contributed by atoms with Crippen molar-refractivity contribution < 1.29 is 14.7 Å². The second kappa shape index (κ2) is 4.53. The predicted molar refractivity (Wildman–Crippen MR) is 68.6 cm³/mol. The number of nitrogens with zero attached hydrogens (tertiary/aromatic N) is 3. The summed E-state index contributed by atoms with van der Waals surface area (Å²) in [5.41, 5.74) is -0.462. The second-order valence-corrected chi connectivity index (χ2v) is 5.14. The van der Waals surface area contributed by atoms with Crippen LogP contribution in [0.15, 0.2) is 24.4 Å². The molecule has 0 aromatic carbocycles. The van der Waals surface area contributed by atoms with Gasteiger partial charge in [-0.05, 0) is 26.0 Å². The van der Waals surface area contributed by atoms with Gasteiger partial charge >= 0.3 is 12.0 Å². The zero-order valence-electron chi connectivity index (χ0n) is 11.2. The average Bonchev–Trinajstić information content (AvgIpc) is 2.68. The molecule has 1 aliphatic rings. The molecule has 0 radical (unpaired) electrons. The number of rotatable bonds is 3. The number of carboxylic acids is 1. The van der Waals surface area contributed by atoms with Crippen LogP contribution in [0, 0.1) is 0 Å². The van der Waals surface area contributed by atoms with E-state index in [2.05, 4.69) is 4.98 Å². The Morgan fingerprint density at radius 1 is 1.47 bits per heavy atom. The lowest BCUT2D eigenvalue weighted by atomic mass is 10.0. The lowest BCUT2D eigenvalue weighted by Crippen LogP contribution is -2.51. The standard InChI is InChI=1S/C13H17N3O3/c1-13(2,11(17)18)16-8-10(15(3)12(16)19)9-6-4-5-7-14-9/h4-7,10H,8H2,1-3H3,(H,17,18). The van der Waals surface area contributed by atoms with Crippen LogP contribution in [-0.4, -0.2) is 51.0 Å². The highest BCUT2D eigenvalue weighted by atomic mass is 16.4. The van der Waals surface area contributed by atoms with Gasteiger partial charge in [0.2, 0.25) is 0 Å². The SMILES string of the molecule is CN1C(=O)N(C(C)(C)C(=O)O)CC1c1ccccn1. The molecule has 0 spiro atoms. The van der Waals surface area contributed by atoms with Crippen molar-refractivity contribution in [2.45, 2.75) is 25.4 Å². The number of carboxylic acid groups (broad SMARTS) is 1. The van der Waals surface area contributed by atoms with Crippen LogP contribution >= 0.6 is 0 Å². The van der Waals surface area contributed by atoms with Crippen molar-refractivity contribution in [2.24, 2.45) is 0 Å². The van der Waals surface area contributed by atoms with Crippen LogP contribution in [0.4, 0.5) is 4.79 Å². The summed E-state index contributed by atoms with van der Waals surface area (Å²) in [5.74, 6) is -1.02. The Labute approximate surface area is 111 Å². The van der Waals surface area contributed by atoms with Gasteiger partial charge < -0.3 is 14.9 Å². The Morgan fingerprint density at radius 3 is 2.68 bits per heavy atom. The summed E-state index contributed by atoms with van der Waals surface area (Å²) < 4.78 is 0. The molecule has 1 N–H and O–H groups in total. The molecule has 1 atom stereocenters. The minimum atomic E-state index is -1.23. The zero-order chi connectivity index (χ0) is 14.2. The van der Waals surface area contributed by atoms with Gasteiger partial charge in [-0.15, -0.1) is 0 Å². The van der Waals surface area contributed by atoms with Gasteiger partial charge in [0.15, 0.2) is 0 Å². The van der Waals surface area contributed by atoms with E-state index in [1.54, 1.807) is 19.3 Å². The predicted octanol–water partition coefficient (Wildman–Crippen LogP) is 1.35. The normalized spacial score (nSPS) is 19.9. The third kappa shape index (κ3) is 2.14. The van der Waals surface area contributed by atoms with E-state index in [1.165, 1.54) is 23.6 Å². The molecule has 0 aliphatic carbocycles. The van der Waals surface area contributed by atoms with Gasteiger partial charge in [-0.2, -0.15) is 0 Å². The Balaban J connectivity index is 2.30. The fraction of sp³-hybridized carbons (Fsp3) is 0.462. The Hall–Kier alpha value is -2.11. The van der Waals surface area contributed by atoms with Gasteiger partial charge in [0, 0.05) is 19.8 Å². The van der Waals surface area contributed by atoms with Crippen LogP contribution in [0.5, 0.6) is 0 Å². The zero-order valence-corrected chi connectivity index (χ0v) is 11.2. The third-order valence-corrected chi connectivity index (χ3v) is 3.58. The minimum Gasteiger partial charge on any atom is -0.480 e. The van der Waals surface area contributed by atoms with Crippen molar-refractivity contribution in [1.82, 2.24) is 14.8 Å². The summed E-state index contributed by atoms with van der Waals surface area (Å²) in [6.07, 6.45) is 1.67. The average molecular weight is 263 g/mol. The first-order chi connectivity index (χ1) is 8.85. The number of likely N-dealkylation sites (N-methyl/N-ethyl adjacent to an activating group) is 1. The third-order valence-electron chi connectivity index (χ3n) is 3.58. The molecular formula is C13H17N3O3. The van der Waals surface area contributed by atoms with Crippen molar-refractivity contribution in [3.8, 4) is 0 Å². The van der Waals surface area contributed by atoms with E-state index in [4.69, 9.17) is 0 Å². The van der Waals surface area contributed by atoms with Gasteiger partial charge in [-0.1, -0.05) is 6.07 Å². The quantitative estimate of drug-likeness (QED) is 0.893. The highest BCUT2D eigenvalue weighted by Crippen LogP contribution is 2.31. The first-order valence-corrected chi connectivity index (χ1v) is 6.04. The van der Waals surface area contributed by atoms with Gasteiger partial charge in [0.25, 0.3) is 0 Å². The van der Waals surface area contributed by atoms with Gasteiger partial charge in [-0.25, -0.2) is 9.59 Å². The lowest BCUT2D eigenvalue weighted by Gasteiger charge is -2.30. The molecule has 2 amide bonds. The highest BCUT2D eigenvalue weighted by Gasteiger charge is 2.46. The summed E-state index contributed by atoms with van der Waals surface area (Å²) in [5, 5.41) is 9.23. The number of carbonyl (C=O) groups is 2. The van der Waals surface area contributed by atoms with E-state index in [1.807, 2.05) is 12.1 Å². The number of amides is 2. The Bertz CT molecular complexity index is 501. The monoisotopic (exact) mass is 263 g/mol. The molecule has 0 bridgehead atoms. The molecule has 1 aromatic rings. The minimum absolute atomic E-state index is 0.215. The lowest BCUT2D eigenvalue weighted by molar-refractivity contribution is -0.147. The van der Waals surface area contributed by atoms with Crippen LogP contribution < -0.4 is 0 Å². The molecule has 0 saturated carbocycles. The number of pyridine rings is 1. The van der Waals surface area contributed by atoms with E-state index in [0.717, 1.165) is 5.69 Å². The van der Waals surface area contributed by atoms with Crippen LogP contribution in [0.1, 0.15) is 25.6 Å². The van der Waals surface area contributed by atoms with E-state index in [9.17, 15) is 14.7 Å². The van der Waals surface area contributed by atoms with Gasteiger partial charge in [0.05, 0.1) is 11.7 Å². The van der Waals surface area contributed by atoms with Crippen LogP contribution in [0.2, 0.25) is 0 Å². The molecule has 2 heterocycles. The maximum absolute atomic E-state index is 12.2. The maximum atomic E-state index is 12.2. The summed E-state index contributed by atoms with van der Waals surface area (Å²) in [6.45, 7) is 3.38. The molecule has 102 valence electrons. The second-order valence-electron chi connectivity index (χ2n) is 5.14. The summed E-state index contributed by atoms with van der Waals surface area (Å²) in [6, 6.07) is 4.99. The Morgan fingerprint density at radius 2 is 2.16 bits per heavy atom. The molecule has 1 fully saturated rings. The number of hydrogen-bond donors (Lipinski definition) is 1. The van der Waals surface area contributed by atoms with Crippen LogP contribution in [0.3, 0.4) is 0 Å². The molecule has 6 nitrogen and oxygen atoms in total. The molecule has 1 aromatic heterocycles. The molecule has 1 unspecified atom stereocenters. The summed E-state index contributed by atoms with van der Waals surface area (Å²) in [7, 11) is 1.67. The van der Waals surface area contributed by atoms with Crippen molar-refractivity contribution in [3.63, 3.8) is 0 Å². The van der Waals surface area contributed by atoms with E-state index in [-0.39, 0.29) is 12.1 Å². The Kier molecular flexibility index (Phi) is 3.18. The smallest absolute Gasteiger partial charge is 0.329 e. The van der Waals surface area contributed by atoms with Crippen LogP contribution in [0.25, 0.3) is 0 Å². The van der Waals surface area contributed by atoms with Gasteiger partial charge in [0.1, 0.15) is 5.54 Å². The number of aliphatic carboxylic acids is 1. The van der Waals surface area contributed by atoms with Crippen molar-refractivity contribution in [2.75, 3.05) is 13.6 Å². The fourth-order valence-electron chi connectivity index (χ4n) is 2.15. The summed E-state index contributed by atoms with van der Waals surface area (Å²) in [4.78, 5) is 30.6. The van der Waals surface area contributed by atoms with E-state index < -0.39 is 11.5 Å². The van der Waals surface area contributed by atoms with Gasteiger partial charge in [-0.3, -0.25) is 4.98 Å². The van der Waals surface area contributed by atoms with Crippen molar-refractivity contribution in [1.29, 1.82) is 0 Å². The maximum Gasteiger partial charge on any atom is 0.329 e. The molecule has 1 saturated heterocycles. The van der Waals surface area contributed by atoms with Crippen molar-refractivity contribution in [3.05, 3.63) is 30.1 Å². The fourth-order valence-corrected chi connectivity index (χ4v) is 2.15. The van der Waals surface area contributed by atoms with Crippen molar-refractivity contribution >= 4 is 12.0 Å². The molecule has 1 aliphatic heterocycles. The molecule has 2 rings (SSSR count). The first kappa shape index (κ1) is 13.3. The van der Waals surface area contributed by atoms with Crippen LogP contribution in [-0.2, 0) is 4.79 Å². The highest BCUT2D eigenvalue weighted by molar-refractivity contribution is 5.87. The molecule has 6 heteroatoms. The largest absolute Gasteiger partial charge is 0.480 e. The van der Waals surface area contributed by atoms with E-state index in [0.29, 0.717) is 6.54 Å². The number of hydrogen-bond acceptors (Lipinski definition) is 3. The number of urea groups is 1. The molecule has 19 heavy (non-hydrogen) atoms.